The quantitative estimate of drug-likeness (QED) is 0.144. The van der Waals surface area contributed by atoms with Crippen molar-refractivity contribution in [2.24, 2.45) is 0 Å². The van der Waals surface area contributed by atoms with Gasteiger partial charge in [-0.25, -0.2) is 9.97 Å². The first-order chi connectivity index (χ1) is 18.8. The Kier molecular flexibility index (Phi) is 14.6. The number of aryl methyl sites for hydroxylation is 1. The normalized spacial score (nSPS) is 11.0. The van der Waals surface area contributed by atoms with Crippen molar-refractivity contribution in [3.63, 3.8) is 0 Å². The Labute approximate surface area is 234 Å². The molecule has 3 rings (SSSR count). The lowest BCUT2D eigenvalue weighted by Gasteiger charge is -2.07. The number of aromatic nitrogens is 2. The van der Waals surface area contributed by atoms with Crippen LogP contribution in [0.1, 0.15) is 99.9 Å². The minimum atomic E-state index is 0.164. The second kappa shape index (κ2) is 18.6. The predicted octanol–water partition coefficient (Wildman–Crippen LogP) is 9.34. The molecule has 0 unspecified atom stereocenters. The van der Waals surface area contributed by atoms with E-state index in [1.807, 2.05) is 67.0 Å². The second-order valence-electron chi connectivity index (χ2n) is 9.93. The van der Waals surface area contributed by atoms with E-state index in [1.165, 1.54) is 68.7 Å². The molecule has 2 aromatic carbocycles. The number of hydrogen-bond donors (Lipinski definition) is 0. The molecule has 1 heterocycles. The van der Waals surface area contributed by atoms with E-state index in [2.05, 4.69) is 16.9 Å². The first-order valence-corrected chi connectivity index (χ1v) is 15.5. The van der Waals surface area contributed by atoms with Gasteiger partial charge < -0.3 is 4.74 Å². The third-order valence-corrected chi connectivity index (χ3v) is 7.68. The number of thioether (sulfide) groups is 1. The third kappa shape index (κ3) is 11.8. The standard InChI is InChI=1S/C33H44N2O2S/c1-2-3-4-5-6-7-8-12-17-28-26-34-32(35-27-28)29-20-22-31(23-21-29)37-24-15-9-10-16-25-38-33(36)30-18-13-11-14-19-30/h11,13-14,18-23,26-27H,2-10,12,15-17,24-25H2,1H3. The molecule has 0 radical (unpaired) electrons. The Balaban J connectivity index is 1.24. The molecule has 4 nitrogen and oxygen atoms in total. The van der Waals surface area contributed by atoms with Gasteiger partial charge in [-0.2, -0.15) is 0 Å². The first-order valence-electron chi connectivity index (χ1n) is 14.5. The summed E-state index contributed by atoms with van der Waals surface area (Å²) in [6.07, 6.45) is 20.0. The first kappa shape index (κ1) is 29.9. The minimum Gasteiger partial charge on any atom is -0.494 e. The average molecular weight is 533 g/mol. The van der Waals surface area contributed by atoms with Gasteiger partial charge in [0.15, 0.2) is 5.82 Å². The molecule has 0 fully saturated rings. The topological polar surface area (TPSA) is 52.1 Å². The van der Waals surface area contributed by atoms with Crippen LogP contribution in [0.15, 0.2) is 67.0 Å². The van der Waals surface area contributed by atoms with Crippen LogP contribution in [-0.4, -0.2) is 27.4 Å². The van der Waals surface area contributed by atoms with Crippen molar-refractivity contribution in [1.82, 2.24) is 9.97 Å². The van der Waals surface area contributed by atoms with E-state index in [1.54, 1.807) is 0 Å². The van der Waals surface area contributed by atoms with Gasteiger partial charge in [0.25, 0.3) is 0 Å². The van der Waals surface area contributed by atoms with Gasteiger partial charge in [0.05, 0.1) is 6.61 Å². The van der Waals surface area contributed by atoms with Crippen LogP contribution >= 0.6 is 11.8 Å². The lowest BCUT2D eigenvalue weighted by atomic mass is 10.1. The second-order valence-corrected chi connectivity index (χ2v) is 11.0. The Bertz CT molecular complexity index is 1020. The van der Waals surface area contributed by atoms with Crippen molar-refractivity contribution in [1.29, 1.82) is 0 Å². The minimum absolute atomic E-state index is 0.164. The van der Waals surface area contributed by atoms with Crippen LogP contribution in [0.5, 0.6) is 5.75 Å². The van der Waals surface area contributed by atoms with E-state index in [0.717, 1.165) is 60.6 Å². The SMILES string of the molecule is CCCCCCCCCCc1cnc(-c2ccc(OCCCCCCSC(=O)c3ccccc3)cc2)nc1. The fourth-order valence-corrected chi connectivity index (χ4v) is 5.20. The predicted molar refractivity (Wildman–Crippen MR) is 161 cm³/mol. The van der Waals surface area contributed by atoms with Crippen molar-refractivity contribution in [3.8, 4) is 17.1 Å². The molecule has 0 saturated carbocycles. The van der Waals surface area contributed by atoms with Crippen LogP contribution in [0.3, 0.4) is 0 Å². The average Bonchev–Trinajstić information content (AvgIpc) is 2.97. The molecule has 0 aliphatic rings. The molecule has 38 heavy (non-hydrogen) atoms. The summed E-state index contributed by atoms with van der Waals surface area (Å²) in [5.74, 6) is 2.52. The number of benzene rings is 2. The zero-order valence-electron chi connectivity index (χ0n) is 23.1. The van der Waals surface area contributed by atoms with Gasteiger partial charge >= 0.3 is 0 Å². The number of hydrogen-bond acceptors (Lipinski definition) is 5. The number of carbonyl (C=O) groups excluding carboxylic acids is 1. The number of nitrogens with zero attached hydrogens (tertiary/aromatic N) is 2. The number of ether oxygens (including phenoxy) is 1. The molecule has 1 aromatic heterocycles. The van der Waals surface area contributed by atoms with E-state index in [4.69, 9.17) is 4.74 Å². The van der Waals surface area contributed by atoms with Gasteiger partial charge in [-0.3, -0.25) is 4.79 Å². The van der Waals surface area contributed by atoms with Gasteiger partial charge in [-0.15, -0.1) is 0 Å². The van der Waals surface area contributed by atoms with Gasteiger partial charge in [-0.05, 0) is 55.5 Å². The monoisotopic (exact) mass is 532 g/mol. The van der Waals surface area contributed by atoms with Gasteiger partial charge in [0, 0.05) is 29.3 Å². The van der Waals surface area contributed by atoms with E-state index in [-0.39, 0.29) is 5.12 Å². The highest BCUT2D eigenvalue weighted by Gasteiger charge is 2.05. The summed E-state index contributed by atoms with van der Waals surface area (Å²) in [5, 5.41) is 0.164. The summed E-state index contributed by atoms with van der Waals surface area (Å²) in [7, 11) is 0. The van der Waals surface area contributed by atoms with Crippen LogP contribution in [0.2, 0.25) is 0 Å². The number of carbonyl (C=O) groups is 1. The Morgan fingerprint density at radius 1 is 0.737 bits per heavy atom. The van der Waals surface area contributed by atoms with Crippen molar-refractivity contribution in [2.75, 3.05) is 12.4 Å². The van der Waals surface area contributed by atoms with Crippen LogP contribution in [-0.2, 0) is 6.42 Å². The molecule has 3 aromatic rings. The molecule has 0 atom stereocenters. The lowest BCUT2D eigenvalue weighted by molar-refractivity contribution is 0.108. The Morgan fingerprint density at radius 2 is 1.37 bits per heavy atom. The summed E-state index contributed by atoms with van der Waals surface area (Å²) >= 11 is 1.42. The maximum atomic E-state index is 12.1. The van der Waals surface area contributed by atoms with E-state index in [9.17, 15) is 4.79 Å². The molecule has 0 saturated heterocycles. The zero-order valence-corrected chi connectivity index (χ0v) is 23.9. The van der Waals surface area contributed by atoms with Crippen molar-refractivity contribution < 1.29 is 9.53 Å². The fourth-order valence-electron chi connectivity index (χ4n) is 4.37. The molecular formula is C33H44N2O2S. The molecule has 0 spiro atoms. The van der Waals surface area contributed by atoms with Crippen molar-refractivity contribution in [3.05, 3.63) is 78.1 Å². The van der Waals surface area contributed by atoms with Gasteiger partial charge in [-0.1, -0.05) is 107 Å². The summed E-state index contributed by atoms with van der Waals surface area (Å²) in [6.45, 7) is 2.97. The van der Waals surface area contributed by atoms with Gasteiger partial charge in [0.1, 0.15) is 5.75 Å². The molecule has 5 heteroatoms. The summed E-state index contributed by atoms with van der Waals surface area (Å²) < 4.78 is 5.91. The highest BCUT2D eigenvalue weighted by molar-refractivity contribution is 8.14. The summed E-state index contributed by atoms with van der Waals surface area (Å²) in [5.41, 5.74) is 3.02. The van der Waals surface area contributed by atoms with Crippen LogP contribution in [0, 0.1) is 0 Å². The van der Waals surface area contributed by atoms with E-state index >= 15 is 0 Å². The molecule has 0 amide bonds. The third-order valence-electron chi connectivity index (χ3n) is 6.69. The zero-order chi connectivity index (χ0) is 26.7. The fraction of sp³-hybridized carbons (Fsp3) is 0.485. The Morgan fingerprint density at radius 3 is 2.08 bits per heavy atom. The molecule has 0 aliphatic carbocycles. The lowest BCUT2D eigenvalue weighted by Crippen LogP contribution is -1.98. The summed E-state index contributed by atoms with van der Waals surface area (Å²) in [4.78, 5) is 21.3. The van der Waals surface area contributed by atoms with Crippen LogP contribution < -0.4 is 4.74 Å². The maximum absolute atomic E-state index is 12.1. The number of rotatable bonds is 19. The summed E-state index contributed by atoms with van der Waals surface area (Å²) in [6, 6.07) is 17.6. The Hall–Kier alpha value is -2.66. The molecule has 204 valence electrons. The van der Waals surface area contributed by atoms with Crippen molar-refractivity contribution >= 4 is 16.9 Å². The van der Waals surface area contributed by atoms with Crippen LogP contribution in [0.4, 0.5) is 0 Å². The molecule has 0 N–H and O–H groups in total. The smallest absolute Gasteiger partial charge is 0.219 e. The maximum Gasteiger partial charge on any atom is 0.219 e. The largest absolute Gasteiger partial charge is 0.494 e. The van der Waals surface area contributed by atoms with E-state index < -0.39 is 0 Å². The van der Waals surface area contributed by atoms with Crippen LogP contribution in [0.25, 0.3) is 11.4 Å². The number of unbranched alkanes of at least 4 members (excludes halogenated alkanes) is 10. The molecular weight excluding hydrogens is 488 g/mol. The van der Waals surface area contributed by atoms with Crippen molar-refractivity contribution in [2.45, 2.75) is 90.4 Å². The highest BCUT2D eigenvalue weighted by Crippen LogP contribution is 2.20. The molecule has 0 aliphatic heterocycles. The van der Waals surface area contributed by atoms with E-state index in [0.29, 0.717) is 6.61 Å². The van der Waals surface area contributed by atoms with Gasteiger partial charge in [0.2, 0.25) is 5.12 Å². The highest BCUT2D eigenvalue weighted by atomic mass is 32.2. The molecule has 0 bridgehead atoms.